The second-order valence-electron chi connectivity index (χ2n) is 10.4. The Morgan fingerprint density at radius 3 is 0.897 bits per heavy atom. The molecule has 10 nitrogen and oxygen atoms in total. The summed E-state index contributed by atoms with van der Waals surface area (Å²) in [5.74, 6) is 0. The van der Waals surface area contributed by atoms with Crippen molar-refractivity contribution < 1.29 is 38.2 Å². The molecule has 0 spiro atoms. The highest BCUT2D eigenvalue weighted by atomic mass is 32.3. The van der Waals surface area contributed by atoms with Crippen LogP contribution < -0.4 is 0 Å². The largest absolute Gasteiger partial charge is 0.394 e. The fraction of sp³-hybridized carbons (Fsp3) is 1.00. The van der Waals surface area contributed by atoms with E-state index in [1.165, 1.54) is 10.1 Å². The van der Waals surface area contributed by atoms with Crippen LogP contribution >= 0.6 is 0 Å². The van der Waals surface area contributed by atoms with Gasteiger partial charge in [0.25, 0.3) is 0 Å². The molecule has 0 aromatic rings. The molecule has 2 rings (SSSR count). The second-order valence-corrected chi connectivity index (χ2v) is 11.3. The summed E-state index contributed by atoms with van der Waals surface area (Å²) in [7, 11) is -4.67. The lowest BCUT2D eigenvalue weighted by Crippen LogP contribution is -2.60. The first-order valence-electron chi connectivity index (χ1n) is 9.56. The fourth-order valence-electron chi connectivity index (χ4n) is 4.44. The number of hydrogen-bond donors (Lipinski definition) is 6. The minimum Gasteiger partial charge on any atom is -0.393 e. The van der Waals surface area contributed by atoms with Gasteiger partial charge in [-0.1, -0.05) is 0 Å². The number of hydroxylamine groups is 4. The quantitative estimate of drug-likeness (QED) is 0.305. The summed E-state index contributed by atoms with van der Waals surface area (Å²) in [6.45, 7) is 15.5. The minimum atomic E-state index is -4.67. The smallest absolute Gasteiger partial charge is 0.393 e. The van der Waals surface area contributed by atoms with E-state index in [4.69, 9.17) is 17.5 Å². The fourth-order valence-corrected chi connectivity index (χ4v) is 4.44. The maximum atomic E-state index is 9.80. The van der Waals surface area contributed by atoms with Gasteiger partial charge in [-0.3, -0.25) is 9.11 Å². The van der Waals surface area contributed by atoms with Crippen LogP contribution in [-0.4, -0.2) is 82.6 Å². The third kappa shape index (κ3) is 9.53. The highest BCUT2D eigenvalue weighted by Gasteiger charge is 2.45. The number of aliphatic hydroxyl groups excluding tert-OH is 2. The predicted molar refractivity (Wildman–Crippen MR) is 108 cm³/mol. The molecule has 0 atom stereocenters. The van der Waals surface area contributed by atoms with E-state index in [0.717, 1.165) is 0 Å². The van der Waals surface area contributed by atoms with Crippen molar-refractivity contribution in [3.8, 4) is 0 Å². The maximum Gasteiger partial charge on any atom is 0.394 e. The van der Waals surface area contributed by atoms with Gasteiger partial charge in [0.05, 0.1) is 12.2 Å². The van der Waals surface area contributed by atoms with Crippen LogP contribution in [0.4, 0.5) is 0 Å². The third-order valence-corrected chi connectivity index (χ3v) is 5.23. The van der Waals surface area contributed by atoms with Crippen molar-refractivity contribution in [3.63, 3.8) is 0 Å². The molecule has 0 bridgehead atoms. The van der Waals surface area contributed by atoms with Gasteiger partial charge in [-0.15, -0.1) is 0 Å². The topological polar surface area (TPSA) is 162 Å². The lowest BCUT2D eigenvalue weighted by molar-refractivity contribution is -0.257. The molecule has 6 N–H and O–H groups in total. The van der Waals surface area contributed by atoms with Crippen LogP contribution in [0.15, 0.2) is 0 Å². The van der Waals surface area contributed by atoms with Crippen LogP contribution in [0.2, 0.25) is 0 Å². The van der Waals surface area contributed by atoms with E-state index in [1.807, 2.05) is 55.4 Å². The Morgan fingerprint density at radius 1 is 0.621 bits per heavy atom. The first-order chi connectivity index (χ1) is 12.5. The highest BCUT2D eigenvalue weighted by molar-refractivity contribution is 7.79. The van der Waals surface area contributed by atoms with Crippen LogP contribution in [0.3, 0.4) is 0 Å². The first kappa shape index (κ1) is 28.6. The maximum absolute atomic E-state index is 9.80. The summed E-state index contributed by atoms with van der Waals surface area (Å²) in [4.78, 5) is 0. The Labute approximate surface area is 174 Å². The van der Waals surface area contributed by atoms with E-state index in [2.05, 4.69) is 0 Å². The van der Waals surface area contributed by atoms with Gasteiger partial charge < -0.3 is 20.6 Å². The van der Waals surface area contributed by atoms with Crippen LogP contribution in [-0.2, 0) is 10.4 Å². The van der Waals surface area contributed by atoms with Crippen molar-refractivity contribution in [3.05, 3.63) is 0 Å². The molecule has 2 fully saturated rings. The van der Waals surface area contributed by atoms with E-state index >= 15 is 0 Å². The van der Waals surface area contributed by atoms with Crippen molar-refractivity contribution in [2.45, 2.75) is 115 Å². The lowest BCUT2D eigenvalue weighted by atomic mass is 9.80. The minimum absolute atomic E-state index is 0.293. The van der Waals surface area contributed by atoms with Crippen LogP contribution in [0.5, 0.6) is 0 Å². The van der Waals surface area contributed by atoms with Crippen molar-refractivity contribution in [2.75, 3.05) is 0 Å². The van der Waals surface area contributed by atoms with Gasteiger partial charge in [0.2, 0.25) is 0 Å². The lowest BCUT2D eigenvalue weighted by Gasteiger charge is -2.50. The molecule has 0 aromatic heterocycles. The standard InChI is InChI=1S/2C9H19NO2.H2O4S/c2*1-8(2)5-7(11)6-9(3,4)10(8)12;1-5(2,3)4/h2*7,11-12H,5-6H2,1-4H3;(H2,1,2,3,4). The molecule has 0 aromatic carbocycles. The van der Waals surface area contributed by atoms with Crippen LogP contribution in [0.25, 0.3) is 0 Å². The zero-order valence-corrected chi connectivity index (χ0v) is 19.6. The van der Waals surface area contributed by atoms with Crippen molar-refractivity contribution >= 4 is 10.4 Å². The average molecular weight is 445 g/mol. The van der Waals surface area contributed by atoms with Gasteiger partial charge >= 0.3 is 10.4 Å². The summed E-state index contributed by atoms with van der Waals surface area (Å²) >= 11 is 0. The highest BCUT2D eigenvalue weighted by Crippen LogP contribution is 2.37. The van der Waals surface area contributed by atoms with Gasteiger partial charge in [0, 0.05) is 22.2 Å². The molecular weight excluding hydrogens is 404 g/mol. The van der Waals surface area contributed by atoms with E-state index in [1.54, 1.807) is 0 Å². The van der Waals surface area contributed by atoms with Crippen LogP contribution in [0, 0.1) is 0 Å². The Balaban J connectivity index is 0.000000442. The third-order valence-electron chi connectivity index (χ3n) is 5.23. The molecule has 0 aliphatic carbocycles. The van der Waals surface area contributed by atoms with Crippen molar-refractivity contribution in [2.24, 2.45) is 0 Å². The normalized spacial score (nSPS) is 27.2. The average Bonchev–Trinajstić information content (AvgIpc) is 2.39. The number of hydrogen-bond acceptors (Lipinski definition) is 8. The number of rotatable bonds is 0. The predicted octanol–water partition coefficient (Wildman–Crippen LogP) is 2.13. The van der Waals surface area contributed by atoms with E-state index in [0.29, 0.717) is 25.7 Å². The van der Waals surface area contributed by atoms with E-state index < -0.39 is 10.4 Å². The first-order valence-corrected chi connectivity index (χ1v) is 11.0. The van der Waals surface area contributed by atoms with Gasteiger partial charge in [0.15, 0.2) is 0 Å². The number of piperidine rings is 2. The zero-order chi connectivity index (χ0) is 23.6. The molecule has 0 saturated carbocycles. The molecule has 2 aliphatic rings. The summed E-state index contributed by atoms with van der Waals surface area (Å²) in [5, 5.41) is 41.5. The Morgan fingerprint density at radius 2 is 0.759 bits per heavy atom. The van der Waals surface area contributed by atoms with E-state index in [9.17, 15) is 20.6 Å². The monoisotopic (exact) mass is 444 g/mol. The SMILES string of the molecule is CC1(C)CC(O)CC(C)(C)N1O.CC1(C)CC(O)CC(C)(C)N1O.O=S(=O)(O)O. The molecule has 11 heteroatoms. The molecule has 0 amide bonds. The second kappa shape index (κ2) is 9.41. The Kier molecular flexibility index (Phi) is 9.29. The number of nitrogens with zero attached hydrogens (tertiary/aromatic N) is 2. The molecule has 0 unspecified atom stereocenters. The summed E-state index contributed by atoms with van der Waals surface area (Å²) in [6.07, 6.45) is 1.94. The molecule has 0 radical (unpaired) electrons. The number of aliphatic hydroxyl groups is 2. The van der Waals surface area contributed by atoms with Gasteiger partial charge in [-0.05, 0) is 81.1 Å². The molecule has 2 heterocycles. The summed E-state index contributed by atoms with van der Waals surface area (Å²) < 4.78 is 31.6. The molecule has 176 valence electrons. The summed E-state index contributed by atoms with van der Waals surface area (Å²) in [5.41, 5.74) is -1.27. The Hall–Kier alpha value is -0.370. The molecule has 29 heavy (non-hydrogen) atoms. The molecular formula is C18H40N2O8S. The van der Waals surface area contributed by atoms with Crippen molar-refractivity contribution in [1.82, 2.24) is 10.1 Å². The van der Waals surface area contributed by atoms with Gasteiger partial charge in [-0.2, -0.15) is 18.5 Å². The molecule has 2 aliphatic heterocycles. The van der Waals surface area contributed by atoms with Crippen LogP contribution in [0.1, 0.15) is 81.1 Å². The van der Waals surface area contributed by atoms with Gasteiger partial charge in [0.1, 0.15) is 0 Å². The molecule has 2 saturated heterocycles. The summed E-state index contributed by atoms with van der Waals surface area (Å²) in [6, 6.07) is 0. The zero-order valence-electron chi connectivity index (χ0n) is 18.8. The Bertz CT molecular complexity index is 550. The van der Waals surface area contributed by atoms with E-state index in [-0.39, 0.29) is 34.4 Å². The van der Waals surface area contributed by atoms with Crippen molar-refractivity contribution in [1.29, 1.82) is 0 Å². The van der Waals surface area contributed by atoms with Gasteiger partial charge in [-0.25, -0.2) is 0 Å².